The largest absolute Gasteiger partial charge is 0.443 e. The van der Waals surface area contributed by atoms with Gasteiger partial charge in [-0.05, 0) is 40.2 Å². The van der Waals surface area contributed by atoms with Gasteiger partial charge in [-0.1, -0.05) is 60.7 Å². The molecule has 0 fully saturated rings. The highest BCUT2D eigenvalue weighted by Crippen LogP contribution is 2.13. The second-order valence-corrected chi connectivity index (χ2v) is 7.24. The van der Waals surface area contributed by atoms with Crippen molar-refractivity contribution in [1.82, 2.24) is 4.90 Å². The normalized spacial score (nSPS) is 13.3. The number of carbonyl (C=O) groups excluding carboxylic acids is 2. The summed E-state index contributed by atoms with van der Waals surface area (Å²) in [6.07, 6.45) is 9.35. The number of ether oxygens (including phenoxy) is 2. The first kappa shape index (κ1) is 23.4. The van der Waals surface area contributed by atoms with Crippen molar-refractivity contribution in [3.05, 3.63) is 72.4 Å². The first-order valence-electron chi connectivity index (χ1n) is 9.38. The zero-order chi connectivity index (χ0) is 21.0. The maximum absolute atomic E-state index is 12.5. The Morgan fingerprint density at radius 1 is 1.14 bits per heavy atom. The molecule has 0 spiro atoms. The molecule has 1 rings (SSSR count). The summed E-state index contributed by atoms with van der Waals surface area (Å²) in [6, 6.07) is 9.39. The van der Waals surface area contributed by atoms with E-state index in [1.165, 1.54) is 6.08 Å². The molecular weight excluding hydrogens is 354 g/mol. The molecular formula is C23H31NO4. The van der Waals surface area contributed by atoms with Crippen molar-refractivity contribution in [2.75, 3.05) is 6.61 Å². The van der Waals surface area contributed by atoms with Crippen LogP contribution in [0.15, 0.2) is 66.8 Å². The first-order valence-corrected chi connectivity index (χ1v) is 9.38. The molecule has 0 radical (unpaired) electrons. The van der Waals surface area contributed by atoms with E-state index in [0.29, 0.717) is 13.2 Å². The fourth-order valence-corrected chi connectivity index (χ4v) is 2.25. The van der Waals surface area contributed by atoms with Crippen molar-refractivity contribution < 1.29 is 19.1 Å². The summed E-state index contributed by atoms with van der Waals surface area (Å²) >= 11 is 0. The number of imide groups is 1. The summed E-state index contributed by atoms with van der Waals surface area (Å²) in [6.45, 7) is 9.79. The van der Waals surface area contributed by atoms with E-state index < -0.39 is 23.6 Å². The zero-order valence-electron chi connectivity index (χ0n) is 17.4. The molecule has 0 aromatic heterocycles. The van der Waals surface area contributed by atoms with E-state index >= 15 is 0 Å². The van der Waals surface area contributed by atoms with Gasteiger partial charge in [-0.2, -0.15) is 0 Å². The Bertz CT molecular complexity index is 699. The Balaban J connectivity index is 2.72. The molecule has 0 saturated heterocycles. The minimum absolute atomic E-state index is 0.379. The summed E-state index contributed by atoms with van der Waals surface area (Å²) in [4.78, 5) is 26.1. The van der Waals surface area contributed by atoms with E-state index in [-0.39, 0.29) is 0 Å². The molecule has 0 aliphatic rings. The Morgan fingerprint density at radius 2 is 1.82 bits per heavy atom. The topological polar surface area (TPSA) is 55.8 Å². The van der Waals surface area contributed by atoms with Crippen molar-refractivity contribution in [2.45, 2.75) is 52.9 Å². The molecule has 28 heavy (non-hydrogen) atoms. The molecule has 0 aliphatic carbocycles. The average molecular weight is 386 g/mol. The predicted molar refractivity (Wildman–Crippen MR) is 112 cm³/mol. The van der Waals surface area contributed by atoms with Gasteiger partial charge in [0.25, 0.3) is 5.91 Å². The van der Waals surface area contributed by atoms with Gasteiger partial charge >= 0.3 is 6.09 Å². The molecule has 0 bridgehead atoms. The van der Waals surface area contributed by atoms with Crippen LogP contribution in [-0.2, 0) is 20.9 Å². The highest BCUT2D eigenvalue weighted by molar-refractivity contribution is 5.99. The van der Waals surface area contributed by atoms with Gasteiger partial charge in [-0.25, -0.2) is 9.69 Å². The Morgan fingerprint density at radius 3 is 2.43 bits per heavy atom. The van der Waals surface area contributed by atoms with Gasteiger partial charge in [0, 0.05) is 6.08 Å². The lowest BCUT2D eigenvalue weighted by atomic mass is 10.2. The number of rotatable bonds is 8. The van der Waals surface area contributed by atoms with Crippen molar-refractivity contribution in [3.8, 4) is 0 Å². The third kappa shape index (κ3) is 9.33. The molecule has 2 amide bonds. The lowest BCUT2D eigenvalue weighted by molar-refractivity contribution is -0.126. The summed E-state index contributed by atoms with van der Waals surface area (Å²) in [5.74, 6) is -0.435. The fraction of sp³-hybridized carbons (Fsp3) is 0.391. The molecule has 5 nitrogen and oxygen atoms in total. The van der Waals surface area contributed by atoms with Crippen LogP contribution in [0.2, 0.25) is 0 Å². The minimum atomic E-state index is -0.690. The maximum Gasteiger partial charge on any atom is 0.417 e. The number of amides is 2. The van der Waals surface area contributed by atoms with E-state index in [4.69, 9.17) is 9.47 Å². The highest BCUT2D eigenvalue weighted by Gasteiger charge is 2.28. The van der Waals surface area contributed by atoms with Crippen molar-refractivity contribution in [2.24, 2.45) is 0 Å². The molecule has 5 heteroatoms. The predicted octanol–water partition coefficient (Wildman–Crippen LogP) is 5.04. The van der Waals surface area contributed by atoms with E-state index in [1.807, 2.05) is 37.3 Å². The third-order valence-electron chi connectivity index (χ3n) is 3.52. The highest BCUT2D eigenvalue weighted by atomic mass is 16.6. The number of carbonyl (C=O) groups is 2. The summed E-state index contributed by atoms with van der Waals surface area (Å²) in [5, 5.41) is 0. The summed E-state index contributed by atoms with van der Waals surface area (Å²) in [7, 11) is 0. The minimum Gasteiger partial charge on any atom is -0.443 e. The van der Waals surface area contributed by atoms with Crippen molar-refractivity contribution >= 4 is 12.0 Å². The van der Waals surface area contributed by atoms with E-state index in [0.717, 1.165) is 10.5 Å². The number of allylic oxidation sites excluding steroid dienone is 3. The fourth-order valence-electron chi connectivity index (χ4n) is 2.25. The molecule has 152 valence electrons. The van der Waals surface area contributed by atoms with Crippen LogP contribution in [0.3, 0.4) is 0 Å². The second-order valence-electron chi connectivity index (χ2n) is 7.24. The number of benzene rings is 1. The van der Waals surface area contributed by atoms with Crippen LogP contribution < -0.4 is 0 Å². The van der Waals surface area contributed by atoms with Crippen LogP contribution >= 0.6 is 0 Å². The molecule has 0 saturated carbocycles. The van der Waals surface area contributed by atoms with Crippen LogP contribution in [0.4, 0.5) is 4.79 Å². The lowest BCUT2D eigenvalue weighted by Gasteiger charge is -2.28. The second kappa shape index (κ2) is 11.9. The van der Waals surface area contributed by atoms with Crippen molar-refractivity contribution in [3.63, 3.8) is 0 Å². The van der Waals surface area contributed by atoms with Crippen LogP contribution in [0.1, 0.15) is 40.2 Å². The summed E-state index contributed by atoms with van der Waals surface area (Å²) < 4.78 is 11.0. The van der Waals surface area contributed by atoms with Crippen LogP contribution in [0.5, 0.6) is 0 Å². The molecule has 1 atom stereocenters. The van der Waals surface area contributed by atoms with Crippen molar-refractivity contribution in [1.29, 1.82) is 0 Å². The van der Waals surface area contributed by atoms with Crippen LogP contribution in [0, 0.1) is 0 Å². The molecule has 1 unspecified atom stereocenters. The monoisotopic (exact) mass is 385 g/mol. The molecule has 0 aliphatic heterocycles. The van der Waals surface area contributed by atoms with Gasteiger partial charge in [-0.15, -0.1) is 0 Å². The van der Waals surface area contributed by atoms with Gasteiger partial charge in [0.15, 0.2) is 0 Å². The lowest BCUT2D eigenvalue weighted by Crippen LogP contribution is -2.44. The Kier molecular flexibility index (Phi) is 9.96. The Labute approximate surface area is 168 Å². The van der Waals surface area contributed by atoms with E-state index in [1.54, 1.807) is 58.1 Å². The zero-order valence-corrected chi connectivity index (χ0v) is 17.4. The smallest absolute Gasteiger partial charge is 0.417 e. The number of hydrogen-bond acceptors (Lipinski definition) is 4. The average Bonchev–Trinajstić information content (AvgIpc) is 2.61. The number of nitrogens with zero attached hydrogens (tertiary/aromatic N) is 1. The standard InChI is InChI=1S/C23H31NO4/c1-6-7-9-16-21(25)24(22(26)28-23(3,4)5)19(2)13-12-17-27-18-20-14-10-8-11-15-20/h6-16,19H,17-18H2,1-5H3/b7-6+,13-12-,16-9+. The molecule has 0 N–H and O–H groups in total. The van der Waals surface area contributed by atoms with E-state index in [9.17, 15) is 9.59 Å². The molecule has 1 aromatic carbocycles. The molecule has 0 heterocycles. The van der Waals surface area contributed by atoms with Gasteiger partial charge in [0.2, 0.25) is 0 Å². The van der Waals surface area contributed by atoms with Gasteiger partial charge in [-0.3, -0.25) is 4.79 Å². The third-order valence-corrected chi connectivity index (χ3v) is 3.52. The number of hydrogen-bond donors (Lipinski definition) is 0. The van der Waals surface area contributed by atoms with Crippen LogP contribution in [0.25, 0.3) is 0 Å². The maximum atomic E-state index is 12.5. The van der Waals surface area contributed by atoms with Gasteiger partial charge in [0.1, 0.15) is 5.60 Å². The molecule has 1 aromatic rings. The SMILES string of the molecule is C/C=C/C=C/C(=O)N(C(=O)OC(C)(C)C)C(C)/C=C\COCc1ccccc1. The Hall–Kier alpha value is -2.66. The first-order chi connectivity index (χ1) is 13.2. The quantitative estimate of drug-likeness (QED) is 0.272. The summed E-state index contributed by atoms with van der Waals surface area (Å²) in [5.41, 5.74) is 0.397. The van der Waals surface area contributed by atoms with Gasteiger partial charge < -0.3 is 9.47 Å². The van der Waals surface area contributed by atoms with E-state index in [2.05, 4.69) is 0 Å². The van der Waals surface area contributed by atoms with Crippen LogP contribution in [-0.4, -0.2) is 35.2 Å². The van der Waals surface area contributed by atoms with Gasteiger partial charge in [0.05, 0.1) is 19.3 Å².